The molecule has 0 aliphatic heterocycles. The number of nitrogens with zero attached hydrogens (tertiary/aromatic N) is 4. The normalized spacial score (nSPS) is 10.6. The third-order valence-corrected chi connectivity index (χ3v) is 2.21. The first-order chi connectivity index (χ1) is 8.60. The second-order valence-corrected chi connectivity index (χ2v) is 3.65. The number of carboxylic acids is 1. The van der Waals surface area contributed by atoms with Gasteiger partial charge in [0, 0.05) is 19.4 Å². The summed E-state index contributed by atoms with van der Waals surface area (Å²) in [5, 5.41) is 12.7. The minimum absolute atomic E-state index is 0.0282. The average molecular weight is 248 g/mol. The summed E-state index contributed by atoms with van der Waals surface area (Å²) in [4.78, 5) is 19.2. The van der Waals surface area contributed by atoms with Gasteiger partial charge in [0.05, 0.1) is 12.3 Å². The van der Waals surface area contributed by atoms with Crippen molar-refractivity contribution in [1.29, 1.82) is 0 Å². The number of ether oxygens (including phenoxy) is 1. The van der Waals surface area contributed by atoms with E-state index >= 15 is 0 Å². The Hall–Kier alpha value is -2.28. The average Bonchev–Trinajstić information content (AvgIpc) is 2.78. The molecule has 0 aliphatic carbocycles. The number of hydrogen-bond donors (Lipinski definition) is 1. The molecule has 18 heavy (non-hydrogen) atoms. The fourth-order valence-corrected chi connectivity index (χ4v) is 1.52. The quantitative estimate of drug-likeness (QED) is 0.861. The van der Waals surface area contributed by atoms with Crippen LogP contribution in [-0.2, 0) is 11.3 Å². The number of hydrogen-bond acceptors (Lipinski definition) is 5. The summed E-state index contributed by atoms with van der Waals surface area (Å²) in [7, 11) is 1.58. The lowest BCUT2D eigenvalue weighted by molar-refractivity contribution is 0.0690. The Morgan fingerprint density at radius 3 is 2.89 bits per heavy atom. The Morgan fingerprint density at radius 2 is 2.28 bits per heavy atom. The van der Waals surface area contributed by atoms with E-state index in [1.54, 1.807) is 26.3 Å². The van der Waals surface area contributed by atoms with Crippen LogP contribution in [0.2, 0.25) is 0 Å². The van der Waals surface area contributed by atoms with E-state index in [-0.39, 0.29) is 5.69 Å². The van der Waals surface area contributed by atoms with Crippen LogP contribution in [0.3, 0.4) is 0 Å². The van der Waals surface area contributed by atoms with Gasteiger partial charge in [-0.15, -0.1) is 0 Å². The molecule has 0 spiro atoms. The summed E-state index contributed by atoms with van der Waals surface area (Å²) in [5.74, 6) is 0.0191. The number of carboxylic acid groups (broad SMARTS) is 1. The van der Waals surface area contributed by atoms with Crippen LogP contribution in [0, 0.1) is 6.92 Å². The van der Waals surface area contributed by atoms with Crippen molar-refractivity contribution < 1.29 is 14.6 Å². The van der Waals surface area contributed by atoms with Gasteiger partial charge in [0.25, 0.3) is 0 Å². The molecule has 0 amide bonds. The molecule has 0 radical (unpaired) electrons. The van der Waals surface area contributed by atoms with Crippen LogP contribution in [0.4, 0.5) is 0 Å². The topological polar surface area (TPSA) is 90.1 Å². The summed E-state index contributed by atoms with van der Waals surface area (Å²) >= 11 is 0. The lowest BCUT2D eigenvalue weighted by Crippen LogP contribution is -2.06. The van der Waals surface area contributed by atoms with E-state index in [0.717, 1.165) is 0 Å². The van der Waals surface area contributed by atoms with E-state index in [4.69, 9.17) is 9.84 Å². The molecule has 2 rings (SSSR count). The van der Waals surface area contributed by atoms with Gasteiger partial charge in [0.1, 0.15) is 5.82 Å². The van der Waals surface area contributed by atoms with Gasteiger partial charge in [-0.1, -0.05) is 0 Å². The molecule has 0 saturated heterocycles. The van der Waals surface area contributed by atoms with Crippen molar-refractivity contribution in [2.75, 3.05) is 7.11 Å². The second-order valence-electron chi connectivity index (χ2n) is 3.65. The van der Waals surface area contributed by atoms with Crippen molar-refractivity contribution in [3.05, 3.63) is 35.5 Å². The fourth-order valence-electron chi connectivity index (χ4n) is 1.52. The van der Waals surface area contributed by atoms with Gasteiger partial charge in [-0.2, -0.15) is 5.10 Å². The van der Waals surface area contributed by atoms with Gasteiger partial charge in [0.15, 0.2) is 11.5 Å². The highest BCUT2D eigenvalue weighted by molar-refractivity contribution is 5.85. The second kappa shape index (κ2) is 4.92. The zero-order valence-electron chi connectivity index (χ0n) is 9.99. The molecule has 2 aromatic rings. The predicted octanol–water partition coefficient (Wildman–Crippen LogP) is 0.815. The molecule has 0 saturated carbocycles. The van der Waals surface area contributed by atoms with Crippen LogP contribution in [0.15, 0.2) is 18.3 Å². The Balaban J connectivity index is 2.39. The SMILES string of the molecule is COCc1cc(-n2ccc(C(=O)O)n2)nc(C)n1. The summed E-state index contributed by atoms with van der Waals surface area (Å²) in [6, 6.07) is 3.12. The van der Waals surface area contributed by atoms with Crippen LogP contribution in [0.1, 0.15) is 22.0 Å². The number of carbonyl (C=O) groups is 1. The summed E-state index contributed by atoms with van der Waals surface area (Å²) in [6.07, 6.45) is 1.54. The van der Waals surface area contributed by atoms with E-state index in [0.29, 0.717) is 23.9 Å². The number of aryl methyl sites for hydroxylation is 1. The molecule has 0 aromatic carbocycles. The van der Waals surface area contributed by atoms with Gasteiger partial charge in [-0.3, -0.25) is 0 Å². The molecule has 1 N–H and O–H groups in total. The molecular formula is C11H12N4O3. The maximum atomic E-state index is 10.8. The van der Waals surface area contributed by atoms with Crippen molar-refractivity contribution in [3.8, 4) is 5.82 Å². The van der Waals surface area contributed by atoms with E-state index in [1.807, 2.05) is 0 Å². The number of methoxy groups -OCH3 is 1. The molecule has 2 heterocycles. The highest BCUT2D eigenvalue weighted by Crippen LogP contribution is 2.08. The molecule has 0 atom stereocenters. The predicted molar refractivity (Wildman–Crippen MR) is 61.6 cm³/mol. The zero-order valence-corrected chi connectivity index (χ0v) is 9.99. The van der Waals surface area contributed by atoms with Gasteiger partial charge < -0.3 is 9.84 Å². The van der Waals surface area contributed by atoms with Gasteiger partial charge in [-0.05, 0) is 13.0 Å². The third-order valence-electron chi connectivity index (χ3n) is 2.21. The van der Waals surface area contributed by atoms with Crippen LogP contribution < -0.4 is 0 Å². The van der Waals surface area contributed by atoms with Crippen molar-refractivity contribution in [1.82, 2.24) is 19.7 Å². The molecule has 0 fully saturated rings. The number of aromatic carboxylic acids is 1. The maximum Gasteiger partial charge on any atom is 0.356 e. The molecule has 2 aromatic heterocycles. The Kier molecular flexibility index (Phi) is 3.33. The molecular weight excluding hydrogens is 236 g/mol. The van der Waals surface area contributed by atoms with E-state index in [2.05, 4.69) is 15.1 Å². The highest BCUT2D eigenvalue weighted by Gasteiger charge is 2.09. The first kappa shape index (κ1) is 12.2. The minimum Gasteiger partial charge on any atom is -0.476 e. The van der Waals surface area contributed by atoms with Crippen LogP contribution in [0.5, 0.6) is 0 Å². The lowest BCUT2D eigenvalue weighted by Gasteiger charge is -2.05. The molecule has 7 heteroatoms. The largest absolute Gasteiger partial charge is 0.476 e. The first-order valence-corrected chi connectivity index (χ1v) is 5.23. The molecule has 0 unspecified atom stereocenters. The van der Waals surface area contributed by atoms with Crippen molar-refractivity contribution in [2.24, 2.45) is 0 Å². The van der Waals surface area contributed by atoms with Crippen LogP contribution in [-0.4, -0.2) is 37.9 Å². The van der Waals surface area contributed by atoms with E-state index in [9.17, 15) is 4.79 Å². The number of rotatable bonds is 4. The fraction of sp³-hybridized carbons (Fsp3) is 0.273. The van der Waals surface area contributed by atoms with Crippen LogP contribution >= 0.6 is 0 Å². The Labute approximate surface area is 103 Å². The third kappa shape index (κ3) is 2.51. The molecule has 94 valence electrons. The lowest BCUT2D eigenvalue weighted by atomic mass is 10.4. The van der Waals surface area contributed by atoms with Crippen molar-refractivity contribution in [2.45, 2.75) is 13.5 Å². The van der Waals surface area contributed by atoms with E-state index < -0.39 is 5.97 Å². The van der Waals surface area contributed by atoms with Gasteiger partial charge in [-0.25, -0.2) is 19.4 Å². The number of aromatic nitrogens is 4. The summed E-state index contributed by atoms with van der Waals surface area (Å²) in [6.45, 7) is 2.12. The minimum atomic E-state index is -1.07. The summed E-state index contributed by atoms with van der Waals surface area (Å²) < 4.78 is 6.40. The van der Waals surface area contributed by atoms with Crippen molar-refractivity contribution >= 4 is 5.97 Å². The zero-order chi connectivity index (χ0) is 13.1. The smallest absolute Gasteiger partial charge is 0.356 e. The molecule has 0 aliphatic rings. The highest BCUT2D eigenvalue weighted by atomic mass is 16.5. The monoisotopic (exact) mass is 248 g/mol. The summed E-state index contributed by atoms with van der Waals surface area (Å²) in [5.41, 5.74) is 0.687. The maximum absolute atomic E-state index is 10.8. The molecule has 0 bridgehead atoms. The Bertz CT molecular complexity index is 579. The standard InChI is InChI=1S/C11H12N4O3/c1-7-12-8(6-18-2)5-10(13-7)15-4-3-9(14-15)11(16)17/h3-5H,6H2,1-2H3,(H,16,17). The molecule has 7 nitrogen and oxygen atoms in total. The van der Waals surface area contributed by atoms with Gasteiger partial charge >= 0.3 is 5.97 Å². The van der Waals surface area contributed by atoms with Gasteiger partial charge in [0.2, 0.25) is 0 Å². The van der Waals surface area contributed by atoms with Crippen molar-refractivity contribution in [3.63, 3.8) is 0 Å². The first-order valence-electron chi connectivity index (χ1n) is 5.23. The van der Waals surface area contributed by atoms with Crippen LogP contribution in [0.25, 0.3) is 5.82 Å². The Morgan fingerprint density at radius 1 is 1.50 bits per heavy atom. The van der Waals surface area contributed by atoms with E-state index in [1.165, 1.54) is 10.7 Å².